The van der Waals surface area contributed by atoms with Crippen LogP contribution in [0.1, 0.15) is 67.2 Å². The first-order chi connectivity index (χ1) is 19.8. The van der Waals surface area contributed by atoms with E-state index in [9.17, 15) is 9.59 Å². The van der Waals surface area contributed by atoms with Crippen molar-refractivity contribution in [3.63, 3.8) is 0 Å². The fourth-order valence-corrected chi connectivity index (χ4v) is 17.6. The van der Waals surface area contributed by atoms with Crippen LogP contribution in [0.25, 0.3) is 0 Å². The van der Waals surface area contributed by atoms with Crippen LogP contribution in [-0.4, -0.2) is 65.4 Å². The van der Waals surface area contributed by atoms with Crippen LogP contribution in [0.15, 0.2) is 46.1 Å². The summed E-state index contributed by atoms with van der Waals surface area (Å²) in [5, 5.41) is 0. The Morgan fingerprint density at radius 1 is 0.881 bits per heavy atom. The predicted molar refractivity (Wildman–Crippen MR) is 166 cm³/mol. The first-order valence-corrected chi connectivity index (χ1v) is 18.9. The predicted octanol–water partition coefficient (Wildman–Crippen LogP) is 4.94. The molecule has 0 unspecified atom stereocenters. The lowest BCUT2D eigenvalue weighted by atomic mass is 10.1. The molecule has 2 aromatic rings. The van der Waals surface area contributed by atoms with E-state index in [4.69, 9.17) is 27.2 Å². The second kappa shape index (κ2) is 12.9. The third kappa shape index (κ3) is 5.86. The van der Waals surface area contributed by atoms with E-state index in [1.165, 1.54) is 21.4 Å². The molecule has 12 heteroatoms. The van der Waals surface area contributed by atoms with Crippen LogP contribution >= 0.6 is 0 Å². The molecule has 10 nitrogen and oxygen atoms in total. The topological polar surface area (TPSA) is 99.4 Å². The number of hydrogen-bond donors (Lipinski definition) is 0. The molecule has 2 fully saturated rings. The number of hydrogen-bond acceptors (Lipinski definition) is 8. The number of fused-ring (bicyclic) bond motifs is 1. The zero-order valence-corrected chi connectivity index (χ0v) is 28.7. The van der Waals surface area contributed by atoms with Crippen molar-refractivity contribution in [3.05, 3.63) is 62.9 Å². The minimum atomic E-state index is -2.92. The maximum atomic E-state index is 13.8. The van der Waals surface area contributed by atoms with E-state index in [1.54, 1.807) is 26.4 Å². The van der Waals surface area contributed by atoms with Crippen LogP contribution in [0, 0.1) is 0 Å². The molecular weight excluding hydrogens is 573 g/mol. The van der Waals surface area contributed by atoms with Crippen LogP contribution in [0.2, 0.25) is 22.2 Å². The van der Waals surface area contributed by atoms with Gasteiger partial charge in [-0.3, -0.25) is 13.9 Å². The number of rotatable bonds is 9. The summed E-state index contributed by atoms with van der Waals surface area (Å²) in [5.41, 5.74) is 0.579. The summed E-state index contributed by atoms with van der Waals surface area (Å²) < 4.78 is 41.8. The molecule has 2 aliphatic rings. The number of benzene rings is 1. The maximum Gasteiger partial charge on any atom is 0.335 e. The first kappa shape index (κ1) is 32.8. The number of aromatic nitrogens is 2. The van der Waals surface area contributed by atoms with E-state index >= 15 is 0 Å². The van der Waals surface area contributed by atoms with Gasteiger partial charge in [0.05, 0.1) is 20.3 Å². The monoisotopic (exact) mass is 620 g/mol. The van der Waals surface area contributed by atoms with E-state index in [-0.39, 0.29) is 35.3 Å². The lowest BCUT2D eigenvalue weighted by molar-refractivity contribution is -0.0644. The molecule has 3 heterocycles. The van der Waals surface area contributed by atoms with Crippen molar-refractivity contribution >= 4 is 17.1 Å². The molecule has 0 amide bonds. The molecular formula is C30H48N2O8Si2. The zero-order valence-electron chi connectivity index (χ0n) is 26.7. The highest BCUT2D eigenvalue weighted by Gasteiger charge is 2.62. The number of nitrogens with zero attached hydrogens (tertiary/aromatic N) is 2. The lowest BCUT2D eigenvalue weighted by Gasteiger charge is -2.51. The minimum absolute atomic E-state index is 0.112. The summed E-state index contributed by atoms with van der Waals surface area (Å²) in [4.78, 5) is 26.7. The molecule has 2 saturated heterocycles. The molecule has 0 spiro atoms. The van der Waals surface area contributed by atoms with Crippen molar-refractivity contribution in [1.29, 1.82) is 0 Å². The highest BCUT2D eigenvalue weighted by atomic mass is 28.5. The smallest absolute Gasteiger partial charge is 0.335 e. The van der Waals surface area contributed by atoms with Crippen LogP contribution in [-0.2, 0) is 29.0 Å². The molecule has 42 heavy (non-hydrogen) atoms. The van der Waals surface area contributed by atoms with Crippen LogP contribution in [0.3, 0.4) is 0 Å². The van der Waals surface area contributed by atoms with Gasteiger partial charge >= 0.3 is 22.8 Å². The van der Waals surface area contributed by atoms with E-state index in [0.29, 0.717) is 5.75 Å². The molecule has 0 N–H and O–H groups in total. The SMILES string of the molecule is COc1ccc(Cn2c(=O)ccn([C@@H]3O[C@@H]4CO[Si](C(C)C)(C(C)C)O[Si](C(C)C)(C(C)C)O[C@H]4[C@H]3OC)c2=O)cc1. The summed E-state index contributed by atoms with van der Waals surface area (Å²) >= 11 is 0. The van der Waals surface area contributed by atoms with Gasteiger partial charge in [0.25, 0.3) is 5.56 Å². The molecule has 0 saturated carbocycles. The third-order valence-corrected chi connectivity index (χ3v) is 19.0. The quantitative estimate of drug-likeness (QED) is 0.364. The average Bonchev–Trinajstić information content (AvgIpc) is 3.26. The normalized spacial score (nSPS) is 25.6. The fourth-order valence-electron chi connectivity index (χ4n) is 6.38. The van der Waals surface area contributed by atoms with Gasteiger partial charge in [-0.2, -0.15) is 0 Å². The van der Waals surface area contributed by atoms with Crippen molar-refractivity contribution in [2.24, 2.45) is 0 Å². The summed E-state index contributed by atoms with van der Waals surface area (Å²) in [6, 6.07) is 8.66. The molecule has 4 rings (SSSR count). The fraction of sp³-hybridized carbons (Fsp3) is 0.667. The Bertz CT molecular complexity index is 1310. The van der Waals surface area contributed by atoms with Gasteiger partial charge in [-0.25, -0.2) is 4.79 Å². The molecule has 4 atom stereocenters. The highest BCUT2D eigenvalue weighted by molar-refractivity contribution is 6.84. The van der Waals surface area contributed by atoms with Crippen LogP contribution in [0.5, 0.6) is 5.75 Å². The van der Waals surface area contributed by atoms with E-state index < -0.39 is 52.9 Å². The average molecular weight is 621 g/mol. The standard InChI is InChI=1S/C30H48N2O8Si2/c1-19(2)41(20(3)4)37-18-25-27(39-42(40-41,21(5)6)22(7)8)28(36-10)29(38-25)31-16-15-26(33)32(30(31)34)17-23-11-13-24(35-9)14-12-23/h11-16,19-22,25,27-29H,17-18H2,1-10H3/t25-,27-,28-,29-/m1/s1. The van der Waals surface area contributed by atoms with Gasteiger partial charge in [0, 0.05) is 19.4 Å². The molecule has 2 aliphatic heterocycles. The third-order valence-electron chi connectivity index (χ3n) is 8.76. The van der Waals surface area contributed by atoms with Gasteiger partial charge in [0.1, 0.15) is 24.1 Å². The number of methoxy groups -OCH3 is 2. The Morgan fingerprint density at radius 2 is 1.48 bits per heavy atom. The van der Waals surface area contributed by atoms with Gasteiger partial charge < -0.3 is 27.2 Å². The summed E-state index contributed by atoms with van der Waals surface area (Å²) in [7, 11) is -2.49. The van der Waals surface area contributed by atoms with Gasteiger partial charge in [-0.1, -0.05) is 67.5 Å². The Morgan fingerprint density at radius 3 is 2.00 bits per heavy atom. The van der Waals surface area contributed by atoms with Crippen molar-refractivity contribution in [2.45, 2.75) is 109 Å². The van der Waals surface area contributed by atoms with Gasteiger partial charge in [-0.05, 0) is 39.9 Å². The maximum absolute atomic E-state index is 13.8. The van der Waals surface area contributed by atoms with Gasteiger partial charge in [-0.15, -0.1) is 0 Å². The molecule has 0 bridgehead atoms. The molecule has 0 aliphatic carbocycles. The minimum Gasteiger partial charge on any atom is -0.497 e. The summed E-state index contributed by atoms with van der Waals surface area (Å²) in [6.45, 7) is 17.7. The largest absolute Gasteiger partial charge is 0.497 e. The van der Waals surface area contributed by atoms with Crippen LogP contribution < -0.4 is 16.0 Å². The summed E-state index contributed by atoms with van der Waals surface area (Å²) in [5.74, 6) is 0.698. The van der Waals surface area contributed by atoms with Crippen molar-refractivity contribution in [2.75, 3.05) is 20.8 Å². The first-order valence-electron chi connectivity index (χ1n) is 15.0. The Labute approximate surface area is 251 Å². The lowest BCUT2D eigenvalue weighted by Crippen LogP contribution is -2.65. The second-order valence-corrected chi connectivity index (χ2v) is 21.4. The van der Waals surface area contributed by atoms with Crippen LogP contribution in [0.4, 0.5) is 0 Å². The van der Waals surface area contributed by atoms with E-state index in [0.717, 1.165) is 5.56 Å². The van der Waals surface area contributed by atoms with E-state index in [1.807, 2.05) is 12.1 Å². The van der Waals surface area contributed by atoms with E-state index in [2.05, 4.69) is 55.4 Å². The Kier molecular flexibility index (Phi) is 10.1. The Hall–Kier alpha value is -2.07. The molecule has 1 aromatic heterocycles. The Balaban J connectivity index is 1.76. The van der Waals surface area contributed by atoms with Crippen molar-refractivity contribution < 1.29 is 27.2 Å². The molecule has 1 aromatic carbocycles. The second-order valence-electron chi connectivity index (χ2n) is 12.6. The van der Waals surface area contributed by atoms with Crippen molar-refractivity contribution in [3.8, 4) is 5.75 Å². The highest BCUT2D eigenvalue weighted by Crippen LogP contribution is 2.48. The number of ether oxygens (including phenoxy) is 3. The molecule has 234 valence electrons. The summed E-state index contributed by atoms with van der Waals surface area (Å²) in [6.07, 6.45) is -0.951. The van der Waals surface area contributed by atoms with Gasteiger partial charge in [0.15, 0.2) is 6.23 Å². The van der Waals surface area contributed by atoms with Crippen molar-refractivity contribution in [1.82, 2.24) is 9.13 Å². The van der Waals surface area contributed by atoms with Gasteiger partial charge in [0.2, 0.25) is 0 Å². The molecule has 0 radical (unpaired) electrons. The zero-order chi connectivity index (χ0) is 31.0.